The Hall–Kier alpha value is -1.96. The fourth-order valence-corrected chi connectivity index (χ4v) is 3.37. The maximum absolute atomic E-state index is 13.7. The molecule has 1 amide bonds. The highest BCUT2D eigenvalue weighted by molar-refractivity contribution is 8.00. The zero-order chi connectivity index (χ0) is 19.6. The molecule has 0 bridgehead atoms. The van der Waals surface area contributed by atoms with E-state index in [1.54, 1.807) is 6.92 Å². The molecule has 0 unspecified atom stereocenters. The van der Waals surface area contributed by atoms with E-state index in [4.69, 9.17) is 0 Å². The number of halogens is 3. The van der Waals surface area contributed by atoms with Gasteiger partial charge < -0.3 is 9.88 Å². The Kier molecular flexibility index (Phi) is 6.39. The van der Waals surface area contributed by atoms with E-state index in [9.17, 15) is 18.0 Å². The molecule has 0 aliphatic rings. The standard InChI is InChI=1S/C18H22F3N3OS/c1-9(2)8-24-11(4)10(3)22-18(24)26-12(5)17(25)23-14-7-6-13(19)15(20)16(14)21/h6-7,9,12H,8H2,1-5H3,(H,23,25)/t12-/m0/s1. The van der Waals surface area contributed by atoms with Gasteiger partial charge in [0.15, 0.2) is 22.6 Å². The van der Waals surface area contributed by atoms with Crippen molar-refractivity contribution >= 4 is 23.4 Å². The third-order valence-corrected chi connectivity index (χ3v) is 5.01. The Morgan fingerprint density at radius 2 is 1.85 bits per heavy atom. The number of carbonyl (C=O) groups is 1. The van der Waals surface area contributed by atoms with Gasteiger partial charge in [0.25, 0.3) is 0 Å². The molecule has 2 rings (SSSR count). The Balaban J connectivity index is 2.15. The van der Waals surface area contributed by atoms with Crippen LogP contribution >= 0.6 is 11.8 Å². The van der Waals surface area contributed by atoms with E-state index < -0.39 is 28.6 Å². The van der Waals surface area contributed by atoms with Crippen LogP contribution in [0.5, 0.6) is 0 Å². The number of nitrogens with one attached hydrogen (secondary N) is 1. The van der Waals surface area contributed by atoms with Gasteiger partial charge in [-0.2, -0.15) is 0 Å². The van der Waals surface area contributed by atoms with E-state index >= 15 is 0 Å². The van der Waals surface area contributed by atoms with E-state index in [0.29, 0.717) is 11.1 Å². The van der Waals surface area contributed by atoms with Crippen LogP contribution in [0.3, 0.4) is 0 Å². The largest absolute Gasteiger partial charge is 0.323 e. The maximum atomic E-state index is 13.7. The lowest BCUT2D eigenvalue weighted by atomic mass is 10.2. The smallest absolute Gasteiger partial charge is 0.237 e. The molecular weight excluding hydrogens is 363 g/mol. The summed E-state index contributed by atoms with van der Waals surface area (Å²) in [6, 6.07) is 1.77. The molecule has 0 aliphatic heterocycles. The molecule has 1 heterocycles. The highest BCUT2D eigenvalue weighted by Crippen LogP contribution is 2.27. The topological polar surface area (TPSA) is 46.9 Å². The SMILES string of the molecule is Cc1nc(S[C@@H](C)C(=O)Nc2ccc(F)c(F)c2F)n(CC(C)C)c1C. The van der Waals surface area contributed by atoms with Gasteiger partial charge >= 0.3 is 0 Å². The average Bonchev–Trinajstić information content (AvgIpc) is 2.82. The van der Waals surface area contributed by atoms with Crippen LogP contribution in [0.1, 0.15) is 32.2 Å². The van der Waals surface area contributed by atoms with Crippen LogP contribution in [0.4, 0.5) is 18.9 Å². The first-order valence-electron chi connectivity index (χ1n) is 8.26. The molecule has 0 saturated heterocycles. The van der Waals surface area contributed by atoms with Crippen LogP contribution in [-0.4, -0.2) is 20.7 Å². The summed E-state index contributed by atoms with van der Waals surface area (Å²) in [4.78, 5) is 16.8. The van der Waals surface area contributed by atoms with Gasteiger partial charge in [0, 0.05) is 12.2 Å². The summed E-state index contributed by atoms with van der Waals surface area (Å²) < 4.78 is 42.1. The van der Waals surface area contributed by atoms with Crippen molar-refractivity contribution in [2.24, 2.45) is 5.92 Å². The summed E-state index contributed by atoms with van der Waals surface area (Å²) in [5, 5.41) is 2.40. The Labute approximate surface area is 155 Å². The Morgan fingerprint density at radius 3 is 2.46 bits per heavy atom. The molecule has 26 heavy (non-hydrogen) atoms. The Morgan fingerprint density at radius 1 is 1.19 bits per heavy atom. The van der Waals surface area contributed by atoms with Crippen LogP contribution in [0, 0.1) is 37.2 Å². The van der Waals surface area contributed by atoms with Gasteiger partial charge in [-0.15, -0.1) is 0 Å². The fraction of sp³-hybridized carbons (Fsp3) is 0.444. The summed E-state index contributed by atoms with van der Waals surface area (Å²) >= 11 is 1.24. The summed E-state index contributed by atoms with van der Waals surface area (Å²) in [5.41, 5.74) is 1.52. The van der Waals surface area contributed by atoms with Gasteiger partial charge in [-0.25, -0.2) is 18.2 Å². The summed E-state index contributed by atoms with van der Waals surface area (Å²) in [5.74, 6) is -4.44. The molecule has 1 aromatic heterocycles. The average molecular weight is 385 g/mol. The molecule has 0 spiro atoms. The highest BCUT2D eigenvalue weighted by atomic mass is 32.2. The van der Waals surface area contributed by atoms with E-state index in [2.05, 4.69) is 24.1 Å². The second-order valence-corrected chi connectivity index (χ2v) is 7.85. The minimum Gasteiger partial charge on any atom is -0.323 e. The number of rotatable bonds is 6. The summed E-state index contributed by atoms with van der Waals surface area (Å²) in [6.07, 6.45) is 0. The van der Waals surface area contributed by atoms with Crippen molar-refractivity contribution in [1.82, 2.24) is 9.55 Å². The van der Waals surface area contributed by atoms with Gasteiger partial charge in [0.1, 0.15) is 0 Å². The van der Waals surface area contributed by atoms with Crippen molar-refractivity contribution in [3.63, 3.8) is 0 Å². The third kappa shape index (κ3) is 4.41. The van der Waals surface area contributed by atoms with E-state index in [0.717, 1.165) is 30.1 Å². The highest BCUT2D eigenvalue weighted by Gasteiger charge is 2.22. The predicted octanol–water partition coefficient (Wildman–Crippen LogP) is 4.69. The molecule has 0 saturated carbocycles. The van der Waals surface area contributed by atoms with Crippen molar-refractivity contribution in [3.8, 4) is 0 Å². The van der Waals surface area contributed by atoms with Crippen molar-refractivity contribution in [2.75, 3.05) is 5.32 Å². The molecule has 142 valence electrons. The lowest BCUT2D eigenvalue weighted by Gasteiger charge is -2.15. The second-order valence-electron chi connectivity index (χ2n) is 6.54. The maximum Gasteiger partial charge on any atom is 0.237 e. The number of imidazole rings is 1. The number of hydrogen-bond donors (Lipinski definition) is 1. The van der Waals surface area contributed by atoms with Crippen LogP contribution in [0.25, 0.3) is 0 Å². The number of benzene rings is 1. The minimum absolute atomic E-state index is 0.390. The number of carbonyl (C=O) groups excluding carboxylic acids is 1. The fourth-order valence-electron chi connectivity index (χ4n) is 2.36. The van der Waals surface area contributed by atoms with Crippen LogP contribution in [0.2, 0.25) is 0 Å². The molecular formula is C18H22F3N3OS. The lowest BCUT2D eigenvalue weighted by Crippen LogP contribution is -2.24. The lowest BCUT2D eigenvalue weighted by molar-refractivity contribution is -0.115. The van der Waals surface area contributed by atoms with Crippen LogP contribution in [-0.2, 0) is 11.3 Å². The van der Waals surface area contributed by atoms with Crippen LogP contribution < -0.4 is 5.32 Å². The first-order valence-corrected chi connectivity index (χ1v) is 9.14. The van der Waals surface area contributed by atoms with Gasteiger partial charge in [0.05, 0.1) is 16.6 Å². The third-order valence-electron chi connectivity index (χ3n) is 3.91. The molecule has 0 radical (unpaired) electrons. The van der Waals surface area contributed by atoms with Crippen molar-refractivity contribution in [3.05, 3.63) is 41.0 Å². The molecule has 1 atom stereocenters. The zero-order valence-corrected chi connectivity index (χ0v) is 16.2. The number of amides is 1. The van der Waals surface area contributed by atoms with Gasteiger partial charge in [-0.1, -0.05) is 25.6 Å². The number of anilines is 1. The predicted molar refractivity (Wildman–Crippen MR) is 96.8 cm³/mol. The first-order chi connectivity index (χ1) is 12.1. The number of hydrogen-bond acceptors (Lipinski definition) is 3. The van der Waals surface area contributed by atoms with Gasteiger partial charge in [-0.3, -0.25) is 4.79 Å². The Bertz CT molecular complexity index is 820. The minimum atomic E-state index is -1.61. The molecule has 1 aromatic carbocycles. The molecule has 4 nitrogen and oxygen atoms in total. The zero-order valence-electron chi connectivity index (χ0n) is 15.4. The van der Waals surface area contributed by atoms with Crippen molar-refractivity contribution in [2.45, 2.75) is 51.6 Å². The van der Waals surface area contributed by atoms with Crippen molar-refractivity contribution < 1.29 is 18.0 Å². The number of aromatic nitrogens is 2. The number of aryl methyl sites for hydroxylation is 1. The van der Waals surface area contributed by atoms with Crippen molar-refractivity contribution in [1.29, 1.82) is 0 Å². The normalized spacial score (nSPS) is 12.5. The monoisotopic (exact) mass is 385 g/mol. The second kappa shape index (κ2) is 8.16. The molecule has 0 fully saturated rings. The van der Waals surface area contributed by atoms with Crippen LogP contribution in [0.15, 0.2) is 17.3 Å². The number of nitrogens with zero attached hydrogens (tertiary/aromatic N) is 2. The molecule has 8 heteroatoms. The van der Waals surface area contributed by atoms with Gasteiger partial charge in [0.2, 0.25) is 5.91 Å². The first kappa shape index (κ1) is 20.4. The van der Waals surface area contributed by atoms with E-state index in [1.807, 2.05) is 18.4 Å². The number of thioether (sulfide) groups is 1. The quantitative estimate of drug-likeness (QED) is 0.580. The molecule has 2 aromatic rings. The summed E-state index contributed by atoms with van der Waals surface area (Å²) in [6.45, 7) is 10.5. The molecule has 1 N–H and O–H groups in total. The summed E-state index contributed by atoms with van der Waals surface area (Å²) in [7, 11) is 0. The van der Waals surface area contributed by atoms with E-state index in [-0.39, 0.29) is 5.69 Å². The van der Waals surface area contributed by atoms with E-state index in [1.165, 1.54) is 11.8 Å². The molecule has 0 aliphatic carbocycles. The van der Waals surface area contributed by atoms with Gasteiger partial charge in [-0.05, 0) is 38.8 Å².